The van der Waals surface area contributed by atoms with Crippen molar-refractivity contribution in [3.8, 4) is 11.3 Å². The van der Waals surface area contributed by atoms with Crippen LogP contribution in [0.1, 0.15) is 27.8 Å². The summed E-state index contributed by atoms with van der Waals surface area (Å²) in [6.45, 7) is 6.40. The van der Waals surface area contributed by atoms with Crippen LogP contribution in [0, 0.1) is 20.8 Å². The molecule has 0 aliphatic carbocycles. The van der Waals surface area contributed by atoms with Crippen molar-refractivity contribution in [1.29, 1.82) is 0 Å². The highest BCUT2D eigenvalue weighted by molar-refractivity contribution is 5.80. The molecule has 23 heavy (non-hydrogen) atoms. The van der Waals surface area contributed by atoms with Crippen molar-refractivity contribution in [2.45, 2.75) is 20.8 Å². The fourth-order valence-electron chi connectivity index (χ4n) is 2.77. The van der Waals surface area contributed by atoms with Crippen molar-refractivity contribution in [3.63, 3.8) is 0 Å². The summed E-state index contributed by atoms with van der Waals surface area (Å²) in [5.74, 6) is 0. The summed E-state index contributed by atoms with van der Waals surface area (Å²) in [7, 11) is 0. The lowest BCUT2D eigenvalue weighted by atomic mass is 10.00. The van der Waals surface area contributed by atoms with E-state index in [0.29, 0.717) is 0 Å². The number of pyridine rings is 1. The molecule has 0 aliphatic rings. The Morgan fingerprint density at radius 2 is 1.43 bits per heavy atom. The molecular weight excluding hydrogens is 278 g/mol. The summed E-state index contributed by atoms with van der Waals surface area (Å²) >= 11 is 0. The molecule has 0 atom stereocenters. The highest BCUT2D eigenvalue weighted by Crippen LogP contribution is 2.24. The summed E-state index contributed by atoms with van der Waals surface area (Å²) < 4.78 is 0. The Balaban J connectivity index is 2.01. The monoisotopic (exact) mass is 299 g/mol. The molecule has 0 spiro atoms. The van der Waals surface area contributed by atoms with Gasteiger partial charge in [0.05, 0.1) is 5.69 Å². The predicted octanol–water partition coefficient (Wildman–Crippen LogP) is 5.84. The lowest BCUT2D eigenvalue weighted by Crippen LogP contribution is -1.89. The molecule has 0 saturated heterocycles. The van der Waals surface area contributed by atoms with Gasteiger partial charge in [-0.15, -0.1) is 0 Å². The van der Waals surface area contributed by atoms with Crippen LogP contribution < -0.4 is 0 Å². The van der Waals surface area contributed by atoms with Crippen LogP contribution in [0.2, 0.25) is 0 Å². The standard InChI is InChI=1S/C22H21N/c1-16-9-11-20(12-10-16)22-19(8-5-15-23-22)13-14-21-17(2)6-4-7-18(21)3/h4-15H,1-3H3/b14-13-. The van der Waals surface area contributed by atoms with Crippen molar-refractivity contribution >= 4 is 12.2 Å². The highest BCUT2D eigenvalue weighted by Gasteiger charge is 2.04. The molecule has 0 fully saturated rings. The van der Waals surface area contributed by atoms with Gasteiger partial charge in [-0.1, -0.05) is 66.2 Å². The third kappa shape index (κ3) is 3.40. The molecule has 114 valence electrons. The molecule has 0 amide bonds. The number of nitrogens with zero attached hydrogens (tertiary/aromatic N) is 1. The third-order valence-corrected chi connectivity index (χ3v) is 4.14. The Hall–Kier alpha value is -2.67. The summed E-state index contributed by atoms with van der Waals surface area (Å²) in [5.41, 5.74) is 8.44. The maximum Gasteiger partial charge on any atom is 0.0774 e. The molecule has 3 aromatic rings. The minimum absolute atomic E-state index is 1.02. The first-order chi connectivity index (χ1) is 11.1. The first-order valence-corrected chi connectivity index (χ1v) is 7.91. The minimum atomic E-state index is 1.02. The maximum absolute atomic E-state index is 4.58. The molecule has 0 N–H and O–H groups in total. The van der Waals surface area contributed by atoms with Gasteiger partial charge in [0.2, 0.25) is 0 Å². The zero-order valence-corrected chi connectivity index (χ0v) is 13.9. The van der Waals surface area contributed by atoms with Crippen LogP contribution in [0.15, 0.2) is 60.8 Å². The van der Waals surface area contributed by atoms with Crippen LogP contribution in [-0.4, -0.2) is 4.98 Å². The van der Waals surface area contributed by atoms with Crippen LogP contribution >= 0.6 is 0 Å². The molecule has 1 nitrogen and oxygen atoms in total. The SMILES string of the molecule is Cc1ccc(-c2ncccc2/C=C\c2c(C)cccc2C)cc1. The quantitative estimate of drug-likeness (QED) is 0.591. The second-order valence-electron chi connectivity index (χ2n) is 5.95. The summed E-state index contributed by atoms with van der Waals surface area (Å²) in [5, 5.41) is 0. The number of benzene rings is 2. The van der Waals surface area contributed by atoms with E-state index in [9.17, 15) is 0 Å². The van der Waals surface area contributed by atoms with E-state index in [1.165, 1.54) is 22.3 Å². The van der Waals surface area contributed by atoms with E-state index in [1.54, 1.807) is 0 Å². The fraction of sp³-hybridized carbons (Fsp3) is 0.136. The molecule has 0 saturated carbocycles. The van der Waals surface area contributed by atoms with E-state index in [-0.39, 0.29) is 0 Å². The van der Waals surface area contributed by atoms with Crippen molar-refractivity contribution in [3.05, 3.63) is 88.6 Å². The van der Waals surface area contributed by atoms with Crippen LogP contribution in [0.5, 0.6) is 0 Å². The molecule has 2 aromatic carbocycles. The van der Waals surface area contributed by atoms with E-state index in [0.717, 1.165) is 16.8 Å². The lowest BCUT2D eigenvalue weighted by molar-refractivity contribution is 1.31. The van der Waals surface area contributed by atoms with Gasteiger partial charge in [-0.05, 0) is 43.5 Å². The smallest absolute Gasteiger partial charge is 0.0774 e. The van der Waals surface area contributed by atoms with Crippen LogP contribution in [0.25, 0.3) is 23.4 Å². The Kier molecular flexibility index (Phi) is 4.38. The van der Waals surface area contributed by atoms with Gasteiger partial charge < -0.3 is 0 Å². The van der Waals surface area contributed by atoms with Gasteiger partial charge in [0.1, 0.15) is 0 Å². The Morgan fingerprint density at radius 3 is 2.13 bits per heavy atom. The molecule has 1 heterocycles. The zero-order valence-electron chi connectivity index (χ0n) is 13.9. The van der Waals surface area contributed by atoms with Gasteiger partial charge >= 0.3 is 0 Å². The lowest BCUT2D eigenvalue weighted by Gasteiger charge is -2.07. The minimum Gasteiger partial charge on any atom is -0.256 e. The highest BCUT2D eigenvalue weighted by atomic mass is 14.7. The average Bonchev–Trinajstić information content (AvgIpc) is 2.56. The number of aryl methyl sites for hydroxylation is 3. The Bertz CT molecular complexity index is 822. The second kappa shape index (κ2) is 6.62. The molecule has 0 bridgehead atoms. The first-order valence-electron chi connectivity index (χ1n) is 7.91. The van der Waals surface area contributed by atoms with Crippen molar-refractivity contribution in [2.75, 3.05) is 0 Å². The van der Waals surface area contributed by atoms with E-state index < -0.39 is 0 Å². The number of aromatic nitrogens is 1. The van der Waals surface area contributed by atoms with Crippen molar-refractivity contribution < 1.29 is 0 Å². The van der Waals surface area contributed by atoms with Gasteiger partial charge in [0.25, 0.3) is 0 Å². The normalized spacial score (nSPS) is 11.1. The number of hydrogen-bond donors (Lipinski definition) is 0. The van der Waals surface area contributed by atoms with Crippen molar-refractivity contribution in [1.82, 2.24) is 4.98 Å². The van der Waals surface area contributed by atoms with E-state index in [2.05, 4.69) is 86.4 Å². The largest absolute Gasteiger partial charge is 0.256 e. The summed E-state index contributed by atoms with van der Waals surface area (Å²) in [6, 6.07) is 19.0. The van der Waals surface area contributed by atoms with E-state index in [4.69, 9.17) is 0 Å². The van der Waals surface area contributed by atoms with Gasteiger partial charge in [0, 0.05) is 17.3 Å². The predicted molar refractivity (Wildman–Crippen MR) is 99.3 cm³/mol. The number of rotatable bonds is 3. The third-order valence-electron chi connectivity index (χ3n) is 4.14. The van der Waals surface area contributed by atoms with Crippen molar-refractivity contribution in [2.24, 2.45) is 0 Å². The van der Waals surface area contributed by atoms with Crippen LogP contribution in [0.4, 0.5) is 0 Å². The Morgan fingerprint density at radius 1 is 0.739 bits per heavy atom. The second-order valence-corrected chi connectivity index (χ2v) is 5.95. The van der Waals surface area contributed by atoms with Crippen LogP contribution in [-0.2, 0) is 0 Å². The molecule has 1 aromatic heterocycles. The molecule has 0 aliphatic heterocycles. The molecule has 0 unspecified atom stereocenters. The zero-order chi connectivity index (χ0) is 16.2. The van der Waals surface area contributed by atoms with E-state index in [1.807, 2.05) is 12.3 Å². The topological polar surface area (TPSA) is 12.9 Å². The summed E-state index contributed by atoms with van der Waals surface area (Å²) in [6.07, 6.45) is 6.21. The Labute approximate surface area is 138 Å². The van der Waals surface area contributed by atoms with Crippen LogP contribution in [0.3, 0.4) is 0 Å². The van der Waals surface area contributed by atoms with E-state index >= 15 is 0 Å². The summed E-state index contributed by atoms with van der Waals surface area (Å²) in [4.78, 5) is 4.58. The van der Waals surface area contributed by atoms with Gasteiger partial charge in [0.15, 0.2) is 0 Å². The maximum atomic E-state index is 4.58. The fourth-order valence-corrected chi connectivity index (χ4v) is 2.77. The van der Waals surface area contributed by atoms with Gasteiger partial charge in [-0.2, -0.15) is 0 Å². The molecule has 3 rings (SSSR count). The molecule has 0 radical (unpaired) electrons. The first kappa shape index (κ1) is 15.2. The van der Waals surface area contributed by atoms with Gasteiger partial charge in [-0.25, -0.2) is 0 Å². The average molecular weight is 299 g/mol. The molecule has 1 heteroatoms. The molecular formula is C22H21N. The number of hydrogen-bond acceptors (Lipinski definition) is 1. The van der Waals surface area contributed by atoms with Gasteiger partial charge in [-0.3, -0.25) is 4.98 Å².